The second kappa shape index (κ2) is 6.19. The van der Waals surface area contributed by atoms with Crippen molar-refractivity contribution in [3.63, 3.8) is 0 Å². The van der Waals surface area contributed by atoms with Gasteiger partial charge in [0.2, 0.25) is 0 Å². The van der Waals surface area contributed by atoms with Gasteiger partial charge in [-0.25, -0.2) is 0 Å². The summed E-state index contributed by atoms with van der Waals surface area (Å²) in [6, 6.07) is 14.9. The predicted octanol–water partition coefficient (Wildman–Crippen LogP) is 5.27. The molecule has 0 aliphatic heterocycles. The van der Waals surface area contributed by atoms with Crippen LogP contribution in [0.1, 0.15) is 58.4 Å². The number of Topliss-reactive ketones (excluding diaryl/α,β-unsaturated/α-hetero) is 1. The van der Waals surface area contributed by atoms with Crippen LogP contribution in [0.4, 0.5) is 0 Å². The second-order valence-electron chi connectivity index (χ2n) is 9.16. The molecule has 4 rings (SSSR count). The van der Waals surface area contributed by atoms with Gasteiger partial charge in [-0.1, -0.05) is 63.2 Å². The zero-order chi connectivity index (χ0) is 19.4. The molecule has 2 bridgehead atoms. The third kappa shape index (κ3) is 2.62. The summed E-state index contributed by atoms with van der Waals surface area (Å²) >= 11 is 0. The molecule has 3 unspecified atom stereocenters. The Morgan fingerprint density at radius 1 is 1.07 bits per heavy atom. The highest BCUT2D eigenvalue weighted by Crippen LogP contribution is 2.71. The lowest BCUT2D eigenvalue weighted by molar-refractivity contribution is -0.154. The number of carbonyl (C=O) groups is 2. The van der Waals surface area contributed by atoms with E-state index in [-0.39, 0.29) is 41.0 Å². The summed E-state index contributed by atoms with van der Waals surface area (Å²) < 4.78 is 6.01. The monoisotopic (exact) mass is 364 g/mol. The van der Waals surface area contributed by atoms with Crippen molar-refractivity contribution in [3.8, 4) is 0 Å². The average molecular weight is 364 g/mol. The molecule has 0 radical (unpaired) electrons. The number of rotatable bonds is 4. The fraction of sp³-hybridized carbons (Fsp3) is 0.500. The Morgan fingerprint density at radius 2 is 1.78 bits per heavy atom. The molecule has 2 aromatic carbocycles. The van der Waals surface area contributed by atoms with E-state index in [0.29, 0.717) is 5.92 Å². The fourth-order valence-corrected chi connectivity index (χ4v) is 5.88. The molecule has 0 amide bonds. The minimum atomic E-state index is -0.385. The molecule has 0 saturated heterocycles. The van der Waals surface area contributed by atoms with Crippen LogP contribution in [0.25, 0.3) is 10.8 Å². The molecule has 3 heteroatoms. The molecule has 0 heterocycles. The molecule has 0 spiro atoms. The molecule has 4 atom stereocenters. The van der Waals surface area contributed by atoms with Gasteiger partial charge in [0.1, 0.15) is 18.3 Å². The average Bonchev–Trinajstić information content (AvgIpc) is 2.92. The summed E-state index contributed by atoms with van der Waals surface area (Å²) in [6.07, 6.45) is 1.90. The Balaban J connectivity index is 1.82. The molecule has 0 N–H and O–H groups in total. The Kier molecular flexibility index (Phi) is 4.17. The maximum atomic E-state index is 12.4. The SMILES string of the molecule is CC(=O)CC(=O)OC1C2CC[C@@](C)(C1c1cccc3ccccc13)C2(C)C. The lowest BCUT2D eigenvalue weighted by Gasteiger charge is -2.40. The first-order valence-electron chi connectivity index (χ1n) is 9.92. The maximum absolute atomic E-state index is 12.4. The van der Waals surface area contributed by atoms with Gasteiger partial charge < -0.3 is 4.74 Å². The van der Waals surface area contributed by atoms with Crippen LogP contribution in [0.3, 0.4) is 0 Å². The summed E-state index contributed by atoms with van der Waals surface area (Å²) in [6.45, 7) is 8.44. The molecule has 2 aliphatic rings. The summed E-state index contributed by atoms with van der Waals surface area (Å²) in [4.78, 5) is 23.8. The van der Waals surface area contributed by atoms with Gasteiger partial charge in [0, 0.05) is 11.8 Å². The largest absolute Gasteiger partial charge is 0.461 e. The maximum Gasteiger partial charge on any atom is 0.313 e. The highest BCUT2D eigenvalue weighted by molar-refractivity contribution is 5.94. The lowest BCUT2D eigenvalue weighted by Crippen LogP contribution is -2.35. The highest BCUT2D eigenvalue weighted by Gasteiger charge is 2.67. The summed E-state index contributed by atoms with van der Waals surface area (Å²) in [5.74, 6) is -0.0596. The number of fused-ring (bicyclic) bond motifs is 3. The summed E-state index contributed by atoms with van der Waals surface area (Å²) in [5.41, 5.74) is 1.41. The second-order valence-corrected chi connectivity index (χ2v) is 9.16. The molecule has 3 nitrogen and oxygen atoms in total. The normalized spacial score (nSPS) is 31.2. The van der Waals surface area contributed by atoms with Gasteiger partial charge in [0.05, 0.1) is 0 Å². The predicted molar refractivity (Wildman–Crippen MR) is 106 cm³/mol. The van der Waals surface area contributed by atoms with Crippen LogP contribution in [0.5, 0.6) is 0 Å². The van der Waals surface area contributed by atoms with E-state index in [0.717, 1.165) is 12.8 Å². The summed E-state index contributed by atoms with van der Waals surface area (Å²) in [5, 5.41) is 2.45. The van der Waals surface area contributed by atoms with E-state index < -0.39 is 0 Å². The molecule has 2 fully saturated rings. The number of hydrogen-bond acceptors (Lipinski definition) is 3. The third-order valence-electron chi connectivity index (χ3n) is 7.60. The van der Waals surface area contributed by atoms with Crippen LogP contribution in [0, 0.1) is 16.7 Å². The standard InChI is InChI=1S/C24H28O3/c1-15(25)14-20(26)27-22-19-12-13-24(4,23(19,2)3)21(22)18-11-7-9-16-8-5-6-10-17(16)18/h5-11,19,21-22H,12-14H2,1-4H3/t19?,21?,22?,24-/m0/s1. The Labute approximate surface area is 161 Å². The van der Waals surface area contributed by atoms with Crippen molar-refractivity contribution >= 4 is 22.5 Å². The van der Waals surface area contributed by atoms with Crippen LogP contribution in [0.2, 0.25) is 0 Å². The molecule has 2 aromatic rings. The van der Waals surface area contributed by atoms with Gasteiger partial charge in [-0.15, -0.1) is 0 Å². The van der Waals surface area contributed by atoms with Crippen LogP contribution < -0.4 is 0 Å². The fourth-order valence-electron chi connectivity index (χ4n) is 5.88. The molecule has 2 saturated carbocycles. The Morgan fingerprint density at radius 3 is 2.52 bits per heavy atom. The number of hydrogen-bond donors (Lipinski definition) is 0. The van der Waals surface area contributed by atoms with Gasteiger partial charge in [-0.2, -0.15) is 0 Å². The Hall–Kier alpha value is -2.16. The summed E-state index contributed by atoms with van der Waals surface area (Å²) in [7, 11) is 0. The molecule has 2 aliphatic carbocycles. The first kappa shape index (κ1) is 18.2. The zero-order valence-corrected chi connectivity index (χ0v) is 16.6. The number of ketones is 1. The quantitative estimate of drug-likeness (QED) is 0.548. The van der Waals surface area contributed by atoms with Crippen LogP contribution in [-0.4, -0.2) is 17.9 Å². The number of esters is 1. The minimum absolute atomic E-state index is 0.0585. The molecular formula is C24H28O3. The first-order valence-corrected chi connectivity index (χ1v) is 9.92. The highest BCUT2D eigenvalue weighted by atomic mass is 16.5. The van der Waals surface area contributed by atoms with Crippen LogP contribution in [-0.2, 0) is 14.3 Å². The van der Waals surface area contributed by atoms with E-state index in [9.17, 15) is 9.59 Å². The topological polar surface area (TPSA) is 43.4 Å². The van der Waals surface area contributed by atoms with Crippen LogP contribution in [0.15, 0.2) is 42.5 Å². The minimum Gasteiger partial charge on any atom is -0.461 e. The van der Waals surface area contributed by atoms with Gasteiger partial charge >= 0.3 is 5.97 Å². The van der Waals surface area contributed by atoms with Crippen molar-refractivity contribution in [2.24, 2.45) is 16.7 Å². The van der Waals surface area contributed by atoms with E-state index in [1.807, 2.05) is 0 Å². The zero-order valence-electron chi connectivity index (χ0n) is 16.6. The van der Waals surface area contributed by atoms with E-state index >= 15 is 0 Å². The van der Waals surface area contributed by atoms with Gasteiger partial charge in [-0.3, -0.25) is 9.59 Å². The number of carbonyl (C=O) groups excluding carboxylic acids is 2. The number of benzene rings is 2. The van der Waals surface area contributed by atoms with Crippen LogP contribution >= 0.6 is 0 Å². The van der Waals surface area contributed by atoms with Crippen molar-refractivity contribution < 1.29 is 14.3 Å². The van der Waals surface area contributed by atoms with Gasteiger partial charge in [-0.05, 0) is 46.9 Å². The third-order valence-corrected chi connectivity index (χ3v) is 7.60. The molecule has 142 valence electrons. The van der Waals surface area contributed by atoms with Crippen molar-refractivity contribution in [3.05, 3.63) is 48.0 Å². The van der Waals surface area contributed by atoms with Gasteiger partial charge in [0.25, 0.3) is 0 Å². The van der Waals surface area contributed by atoms with Crippen molar-refractivity contribution in [1.82, 2.24) is 0 Å². The first-order chi connectivity index (χ1) is 12.8. The molecule has 27 heavy (non-hydrogen) atoms. The van der Waals surface area contributed by atoms with E-state index in [4.69, 9.17) is 4.74 Å². The van der Waals surface area contributed by atoms with Crippen molar-refractivity contribution in [1.29, 1.82) is 0 Å². The van der Waals surface area contributed by atoms with E-state index in [2.05, 4.69) is 63.2 Å². The number of ether oxygens (including phenoxy) is 1. The van der Waals surface area contributed by atoms with Gasteiger partial charge in [0.15, 0.2) is 0 Å². The van der Waals surface area contributed by atoms with E-state index in [1.165, 1.54) is 23.3 Å². The van der Waals surface area contributed by atoms with E-state index in [1.54, 1.807) is 0 Å². The molecule has 0 aromatic heterocycles. The Bertz CT molecular complexity index is 907. The van der Waals surface area contributed by atoms with Crippen molar-refractivity contribution in [2.45, 2.75) is 59.0 Å². The smallest absolute Gasteiger partial charge is 0.313 e. The van der Waals surface area contributed by atoms with Crippen molar-refractivity contribution in [2.75, 3.05) is 0 Å². The molecular weight excluding hydrogens is 336 g/mol. The lowest BCUT2D eigenvalue weighted by atomic mass is 9.64.